The van der Waals surface area contributed by atoms with Crippen molar-refractivity contribution in [3.8, 4) is 11.5 Å². The molecule has 2 aromatic carbocycles. The summed E-state index contributed by atoms with van der Waals surface area (Å²) in [5.74, 6) is -0.0556. The molecule has 1 unspecified atom stereocenters. The number of aliphatic hydroxyl groups is 1. The van der Waals surface area contributed by atoms with Gasteiger partial charge in [0.25, 0.3) is 11.7 Å². The van der Waals surface area contributed by atoms with Crippen LogP contribution in [0, 0.1) is 0 Å². The molecule has 0 bridgehead atoms. The van der Waals surface area contributed by atoms with E-state index in [-0.39, 0.29) is 17.4 Å². The minimum Gasteiger partial charge on any atom is -0.507 e. The molecule has 2 aromatic rings. The highest BCUT2D eigenvalue weighted by Crippen LogP contribution is 2.43. The quantitative estimate of drug-likeness (QED) is 0.308. The molecule has 2 aliphatic rings. The van der Waals surface area contributed by atoms with Gasteiger partial charge in [-0.2, -0.15) is 0 Å². The summed E-state index contributed by atoms with van der Waals surface area (Å²) in [7, 11) is 1.56. The summed E-state index contributed by atoms with van der Waals surface area (Å²) < 4.78 is 11.5. The molecular weight excluding hydrogens is 486 g/mol. The molecule has 1 N–H and O–H groups in total. The first-order valence-electron chi connectivity index (χ1n) is 11.3. The summed E-state index contributed by atoms with van der Waals surface area (Å²) in [6.07, 6.45) is 4.89. The number of nitrogens with zero attached hydrogens (tertiary/aromatic N) is 1. The van der Waals surface area contributed by atoms with Crippen LogP contribution in [0.3, 0.4) is 0 Å². The van der Waals surface area contributed by atoms with E-state index in [4.69, 9.17) is 9.47 Å². The maximum atomic E-state index is 13.3. The number of hydrogen-bond donors (Lipinski definition) is 1. The van der Waals surface area contributed by atoms with Gasteiger partial charge in [-0.05, 0) is 71.6 Å². The first kappa shape index (κ1) is 23.4. The molecule has 33 heavy (non-hydrogen) atoms. The maximum Gasteiger partial charge on any atom is 0.295 e. The van der Waals surface area contributed by atoms with Crippen LogP contribution in [-0.4, -0.2) is 41.5 Å². The second-order valence-corrected chi connectivity index (χ2v) is 9.20. The number of ketones is 1. The van der Waals surface area contributed by atoms with Crippen molar-refractivity contribution in [2.75, 3.05) is 13.7 Å². The topological polar surface area (TPSA) is 76.1 Å². The molecule has 1 aliphatic carbocycles. The summed E-state index contributed by atoms with van der Waals surface area (Å²) >= 11 is 3.43. The van der Waals surface area contributed by atoms with Crippen LogP contribution in [0.25, 0.3) is 5.76 Å². The van der Waals surface area contributed by atoms with E-state index in [1.165, 1.54) is 0 Å². The average molecular weight is 514 g/mol. The lowest BCUT2D eigenvalue weighted by Gasteiger charge is -2.35. The first-order chi connectivity index (χ1) is 16.0. The van der Waals surface area contributed by atoms with Crippen LogP contribution in [0.5, 0.6) is 11.5 Å². The minimum atomic E-state index is -0.649. The van der Waals surface area contributed by atoms with Gasteiger partial charge in [-0.1, -0.05) is 31.4 Å². The van der Waals surface area contributed by atoms with Gasteiger partial charge >= 0.3 is 0 Å². The molecule has 174 valence electrons. The van der Waals surface area contributed by atoms with Gasteiger partial charge in [-0.15, -0.1) is 0 Å². The normalized spacial score (nSPS) is 20.8. The van der Waals surface area contributed by atoms with Crippen LogP contribution in [0.4, 0.5) is 0 Å². The SMILES string of the molecule is CCOc1ccc(C2/C(=C(/O)c3ccc(OC)c(Br)c3)C(=O)C(=O)N2C2CCCCC2)cc1. The molecule has 0 aromatic heterocycles. The van der Waals surface area contributed by atoms with E-state index >= 15 is 0 Å². The van der Waals surface area contributed by atoms with E-state index < -0.39 is 17.7 Å². The van der Waals surface area contributed by atoms with Crippen LogP contribution in [0.2, 0.25) is 0 Å². The highest BCUT2D eigenvalue weighted by molar-refractivity contribution is 9.10. The molecule has 7 heteroatoms. The number of halogens is 1. The van der Waals surface area contributed by atoms with Crippen molar-refractivity contribution in [3.05, 3.63) is 63.6 Å². The van der Waals surface area contributed by atoms with Gasteiger partial charge in [0.2, 0.25) is 0 Å². The molecule has 0 radical (unpaired) electrons. The fourth-order valence-corrected chi connectivity index (χ4v) is 5.34. The van der Waals surface area contributed by atoms with E-state index in [1.807, 2.05) is 31.2 Å². The number of carbonyl (C=O) groups excluding carboxylic acids is 2. The number of hydrogen-bond acceptors (Lipinski definition) is 5. The Kier molecular flexibility index (Phi) is 7.08. The molecule has 6 nitrogen and oxygen atoms in total. The summed E-state index contributed by atoms with van der Waals surface area (Å²) in [4.78, 5) is 28.2. The van der Waals surface area contributed by atoms with Crippen molar-refractivity contribution in [1.29, 1.82) is 0 Å². The molecule has 0 spiro atoms. The highest BCUT2D eigenvalue weighted by atomic mass is 79.9. The van der Waals surface area contributed by atoms with Crippen molar-refractivity contribution in [2.45, 2.75) is 51.1 Å². The molecule has 1 saturated carbocycles. The Labute approximate surface area is 202 Å². The second kappa shape index (κ2) is 10.00. The molecule has 1 aliphatic heterocycles. The molecular formula is C26H28BrNO5. The zero-order valence-electron chi connectivity index (χ0n) is 18.8. The third-order valence-electron chi connectivity index (χ3n) is 6.38. The largest absolute Gasteiger partial charge is 0.507 e. The summed E-state index contributed by atoms with van der Waals surface area (Å²) in [5, 5.41) is 11.3. The van der Waals surface area contributed by atoms with Gasteiger partial charge in [0, 0.05) is 11.6 Å². The molecule has 4 rings (SSSR count). The lowest BCUT2D eigenvalue weighted by molar-refractivity contribution is -0.141. The number of amides is 1. The van der Waals surface area contributed by atoms with Crippen molar-refractivity contribution < 1.29 is 24.2 Å². The summed E-state index contributed by atoms with van der Waals surface area (Å²) in [6, 6.07) is 11.8. The number of rotatable bonds is 6. The van der Waals surface area contributed by atoms with Crippen molar-refractivity contribution in [2.24, 2.45) is 0 Å². The number of aliphatic hydroxyl groups excluding tert-OH is 1. The number of benzene rings is 2. The summed E-state index contributed by atoms with van der Waals surface area (Å²) in [6.45, 7) is 2.46. The zero-order chi connectivity index (χ0) is 23.5. The Hall–Kier alpha value is -2.80. The predicted octanol–water partition coefficient (Wildman–Crippen LogP) is 5.61. The van der Waals surface area contributed by atoms with Crippen LogP contribution < -0.4 is 9.47 Å². The Bertz CT molecular complexity index is 1070. The van der Waals surface area contributed by atoms with E-state index in [2.05, 4.69) is 15.9 Å². The van der Waals surface area contributed by atoms with E-state index in [0.29, 0.717) is 22.4 Å². The van der Waals surface area contributed by atoms with Gasteiger partial charge < -0.3 is 19.5 Å². The van der Waals surface area contributed by atoms with Crippen LogP contribution in [0.1, 0.15) is 56.2 Å². The summed E-state index contributed by atoms with van der Waals surface area (Å²) in [5.41, 5.74) is 1.34. The predicted molar refractivity (Wildman–Crippen MR) is 129 cm³/mol. The number of likely N-dealkylation sites (tertiary alicyclic amines) is 1. The second-order valence-electron chi connectivity index (χ2n) is 8.35. The van der Waals surface area contributed by atoms with Crippen LogP contribution in [0.15, 0.2) is 52.5 Å². The van der Waals surface area contributed by atoms with Gasteiger partial charge in [0.15, 0.2) is 0 Å². The number of ether oxygens (including phenoxy) is 2. The van der Waals surface area contributed by atoms with E-state index in [1.54, 1.807) is 30.2 Å². The van der Waals surface area contributed by atoms with Crippen molar-refractivity contribution >= 4 is 33.4 Å². The van der Waals surface area contributed by atoms with Gasteiger partial charge in [-0.25, -0.2) is 0 Å². The lowest BCUT2D eigenvalue weighted by Crippen LogP contribution is -2.40. The highest BCUT2D eigenvalue weighted by Gasteiger charge is 2.48. The Morgan fingerprint density at radius 2 is 1.79 bits per heavy atom. The van der Waals surface area contributed by atoms with Crippen molar-refractivity contribution in [1.82, 2.24) is 4.90 Å². The third kappa shape index (κ3) is 4.51. The fourth-order valence-electron chi connectivity index (χ4n) is 4.80. The Balaban J connectivity index is 1.84. The van der Waals surface area contributed by atoms with Gasteiger partial charge in [0.05, 0.1) is 29.8 Å². The van der Waals surface area contributed by atoms with E-state index in [9.17, 15) is 14.7 Å². The molecule has 1 heterocycles. The van der Waals surface area contributed by atoms with Crippen molar-refractivity contribution in [3.63, 3.8) is 0 Å². The molecule has 2 fully saturated rings. The number of methoxy groups -OCH3 is 1. The average Bonchev–Trinajstić information content (AvgIpc) is 3.10. The first-order valence-corrected chi connectivity index (χ1v) is 12.1. The number of carbonyl (C=O) groups is 2. The monoisotopic (exact) mass is 513 g/mol. The Morgan fingerprint density at radius 3 is 2.39 bits per heavy atom. The minimum absolute atomic E-state index is 0.0281. The maximum absolute atomic E-state index is 13.3. The van der Waals surface area contributed by atoms with E-state index in [0.717, 1.165) is 43.4 Å². The molecule has 1 amide bonds. The van der Waals surface area contributed by atoms with Gasteiger partial charge in [-0.3, -0.25) is 9.59 Å². The Morgan fingerprint density at radius 1 is 1.09 bits per heavy atom. The number of Topliss-reactive ketones (excluding diaryl/α,β-unsaturated/α-hetero) is 1. The van der Waals surface area contributed by atoms with Crippen LogP contribution >= 0.6 is 15.9 Å². The van der Waals surface area contributed by atoms with Crippen LogP contribution in [-0.2, 0) is 9.59 Å². The standard InChI is InChI=1S/C26H28BrNO5/c1-3-33-19-12-9-16(10-13-19)23-22(24(29)17-11-14-21(32-2)20(27)15-17)25(30)26(31)28(23)18-7-5-4-6-8-18/h9-15,18,23,29H,3-8H2,1-2H3/b24-22-. The van der Waals surface area contributed by atoms with Gasteiger partial charge in [0.1, 0.15) is 17.3 Å². The molecule has 1 atom stereocenters. The third-order valence-corrected chi connectivity index (χ3v) is 7.00. The molecule has 1 saturated heterocycles. The fraction of sp³-hybridized carbons (Fsp3) is 0.385. The smallest absolute Gasteiger partial charge is 0.295 e. The zero-order valence-corrected chi connectivity index (χ0v) is 20.4. The lowest BCUT2D eigenvalue weighted by atomic mass is 9.91.